The third-order valence-electron chi connectivity index (χ3n) is 4.28. The van der Waals surface area contributed by atoms with Gasteiger partial charge in [0.15, 0.2) is 0 Å². The molecule has 0 bridgehead atoms. The van der Waals surface area contributed by atoms with Crippen molar-refractivity contribution in [3.63, 3.8) is 0 Å². The summed E-state index contributed by atoms with van der Waals surface area (Å²) in [6.45, 7) is 0.434. The van der Waals surface area contributed by atoms with Gasteiger partial charge in [-0.2, -0.15) is 0 Å². The van der Waals surface area contributed by atoms with Gasteiger partial charge in [0.1, 0.15) is 11.9 Å². The number of rotatable bonds is 1. The van der Waals surface area contributed by atoms with Gasteiger partial charge in [-0.3, -0.25) is 4.79 Å². The maximum atomic E-state index is 13.0. The van der Waals surface area contributed by atoms with Crippen molar-refractivity contribution in [2.45, 2.75) is 19.0 Å². The minimum Gasteiger partial charge on any atom is -0.307 e. The van der Waals surface area contributed by atoms with Gasteiger partial charge in [-0.1, -0.05) is 24.3 Å². The second-order valence-corrected chi connectivity index (χ2v) is 5.55. The van der Waals surface area contributed by atoms with Crippen LogP contribution in [0, 0.1) is 5.82 Å². The summed E-state index contributed by atoms with van der Waals surface area (Å²) in [4.78, 5) is 27.9. The second-order valence-electron chi connectivity index (χ2n) is 5.55. The van der Waals surface area contributed by atoms with Crippen LogP contribution in [0.15, 0.2) is 48.5 Å². The third-order valence-corrected chi connectivity index (χ3v) is 4.28. The number of fused-ring (bicyclic) bond motifs is 2. The van der Waals surface area contributed by atoms with Crippen LogP contribution in [0.25, 0.3) is 0 Å². The SMILES string of the molecule is O=C1[C@@H]2Cc3ccccc3CN2C(=O)N1c1ccc(F)cc1. The third kappa shape index (κ3) is 1.82. The molecule has 2 aliphatic heterocycles. The summed E-state index contributed by atoms with van der Waals surface area (Å²) in [5.74, 6) is -0.640. The molecule has 2 heterocycles. The summed E-state index contributed by atoms with van der Waals surface area (Å²) in [6, 6.07) is 12.4. The zero-order valence-electron chi connectivity index (χ0n) is 11.7. The molecule has 1 atom stereocenters. The summed E-state index contributed by atoms with van der Waals surface area (Å²) in [5.41, 5.74) is 2.58. The van der Waals surface area contributed by atoms with Gasteiger partial charge >= 0.3 is 6.03 Å². The lowest BCUT2D eigenvalue weighted by Crippen LogP contribution is -2.39. The van der Waals surface area contributed by atoms with E-state index in [0.29, 0.717) is 18.7 Å². The smallest absolute Gasteiger partial charge is 0.307 e. The molecule has 5 heteroatoms. The largest absolute Gasteiger partial charge is 0.332 e. The number of urea groups is 1. The molecule has 0 N–H and O–H groups in total. The van der Waals surface area contributed by atoms with Gasteiger partial charge in [-0.15, -0.1) is 0 Å². The number of anilines is 1. The van der Waals surface area contributed by atoms with Crippen molar-refractivity contribution in [1.82, 2.24) is 4.90 Å². The van der Waals surface area contributed by atoms with Gasteiger partial charge in [-0.05, 0) is 35.4 Å². The number of nitrogens with zero attached hydrogens (tertiary/aromatic N) is 2. The van der Waals surface area contributed by atoms with Crippen molar-refractivity contribution in [2.75, 3.05) is 4.90 Å². The summed E-state index contributed by atoms with van der Waals surface area (Å²) in [6.07, 6.45) is 0.526. The van der Waals surface area contributed by atoms with Crippen molar-refractivity contribution in [1.29, 1.82) is 0 Å². The Hall–Kier alpha value is -2.69. The minimum absolute atomic E-state index is 0.244. The number of hydrogen-bond acceptors (Lipinski definition) is 2. The number of amides is 3. The van der Waals surface area contributed by atoms with Gasteiger partial charge < -0.3 is 4.90 Å². The monoisotopic (exact) mass is 296 g/mol. The van der Waals surface area contributed by atoms with Crippen LogP contribution in [0.4, 0.5) is 14.9 Å². The van der Waals surface area contributed by atoms with E-state index in [1.54, 1.807) is 4.90 Å². The fraction of sp³-hybridized carbons (Fsp3) is 0.176. The van der Waals surface area contributed by atoms with Crippen LogP contribution in [0.1, 0.15) is 11.1 Å². The maximum absolute atomic E-state index is 13.0. The van der Waals surface area contributed by atoms with Gasteiger partial charge in [0.25, 0.3) is 5.91 Å². The first-order valence-electron chi connectivity index (χ1n) is 7.12. The predicted molar refractivity (Wildman–Crippen MR) is 78.8 cm³/mol. The lowest BCUT2D eigenvalue weighted by Gasteiger charge is -2.28. The first-order valence-corrected chi connectivity index (χ1v) is 7.12. The van der Waals surface area contributed by atoms with Crippen LogP contribution in [0.2, 0.25) is 0 Å². The van der Waals surface area contributed by atoms with Gasteiger partial charge in [0.2, 0.25) is 0 Å². The van der Waals surface area contributed by atoms with Crippen molar-refractivity contribution < 1.29 is 14.0 Å². The number of carbonyl (C=O) groups is 2. The van der Waals surface area contributed by atoms with Crippen molar-refractivity contribution >= 4 is 17.6 Å². The fourth-order valence-electron chi connectivity index (χ4n) is 3.14. The summed E-state index contributed by atoms with van der Waals surface area (Å²) in [7, 11) is 0. The molecular formula is C17H13FN2O2. The van der Waals surface area contributed by atoms with Crippen LogP contribution in [0.5, 0.6) is 0 Å². The molecule has 0 radical (unpaired) electrons. The standard InChI is InChI=1S/C17H13FN2O2/c18-13-5-7-14(8-6-13)20-16(21)15-9-11-3-1-2-4-12(11)10-19(15)17(20)22/h1-8,15H,9-10H2/t15-/m0/s1. The summed E-state index contributed by atoms with van der Waals surface area (Å²) >= 11 is 0. The van der Waals surface area contributed by atoms with E-state index in [2.05, 4.69) is 0 Å². The average molecular weight is 296 g/mol. The zero-order valence-corrected chi connectivity index (χ0v) is 11.7. The number of carbonyl (C=O) groups excluding carboxylic acids is 2. The van der Waals surface area contributed by atoms with E-state index < -0.39 is 11.9 Å². The Kier molecular flexibility index (Phi) is 2.76. The van der Waals surface area contributed by atoms with E-state index in [0.717, 1.165) is 16.0 Å². The van der Waals surface area contributed by atoms with Crippen LogP contribution in [0.3, 0.4) is 0 Å². The molecule has 22 heavy (non-hydrogen) atoms. The molecule has 1 saturated heterocycles. The highest BCUT2D eigenvalue weighted by Gasteiger charge is 2.47. The van der Waals surface area contributed by atoms with Gasteiger partial charge in [0, 0.05) is 13.0 Å². The van der Waals surface area contributed by atoms with E-state index in [1.807, 2.05) is 24.3 Å². The van der Waals surface area contributed by atoms with Crippen LogP contribution < -0.4 is 4.90 Å². The zero-order chi connectivity index (χ0) is 15.3. The Bertz CT molecular complexity index is 729. The Labute approximate surface area is 126 Å². The number of hydrogen-bond donors (Lipinski definition) is 0. The van der Waals surface area contributed by atoms with Crippen LogP contribution in [-0.4, -0.2) is 22.9 Å². The number of imide groups is 1. The molecule has 2 aliphatic rings. The molecule has 2 aromatic rings. The molecule has 0 aliphatic carbocycles. The summed E-state index contributed by atoms with van der Waals surface area (Å²) in [5, 5.41) is 0. The van der Waals surface area contributed by atoms with Crippen molar-refractivity contribution in [3.8, 4) is 0 Å². The Morgan fingerprint density at radius 2 is 1.64 bits per heavy atom. The van der Waals surface area contributed by atoms with E-state index in [9.17, 15) is 14.0 Å². The average Bonchev–Trinajstić information content (AvgIpc) is 2.78. The van der Waals surface area contributed by atoms with Crippen LogP contribution >= 0.6 is 0 Å². The molecule has 110 valence electrons. The topological polar surface area (TPSA) is 40.6 Å². The highest BCUT2D eigenvalue weighted by Crippen LogP contribution is 2.32. The molecule has 0 aromatic heterocycles. The first-order chi connectivity index (χ1) is 10.6. The maximum Gasteiger partial charge on any atom is 0.332 e. The Morgan fingerprint density at radius 1 is 0.955 bits per heavy atom. The molecule has 4 rings (SSSR count). The van der Waals surface area contributed by atoms with E-state index in [-0.39, 0.29) is 11.9 Å². The number of benzene rings is 2. The molecular weight excluding hydrogens is 283 g/mol. The molecule has 4 nitrogen and oxygen atoms in total. The normalized spacial score (nSPS) is 20.1. The highest BCUT2D eigenvalue weighted by atomic mass is 19.1. The Balaban J connectivity index is 1.71. The fourth-order valence-corrected chi connectivity index (χ4v) is 3.14. The molecule has 0 saturated carbocycles. The van der Waals surface area contributed by atoms with Gasteiger partial charge in [0.05, 0.1) is 5.69 Å². The van der Waals surface area contributed by atoms with Crippen molar-refractivity contribution in [2.24, 2.45) is 0 Å². The van der Waals surface area contributed by atoms with Crippen LogP contribution in [-0.2, 0) is 17.8 Å². The van der Waals surface area contributed by atoms with Gasteiger partial charge in [-0.25, -0.2) is 14.1 Å². The van der Waals surface area contributed by atoms with E-state index >= 15 is 0 Å². The lowest BCUT2D eigenvalue weighted by atomic mass is 9.95. The molecule has 1 fully saturated rings. The number of halogens is 1. The first kappa shape index (κ1) is 13.0. The van der Waals surface area contributed by atoms with E-state index in [1.165, 1.54) is 24.3 Å². The molecule has 0 spiro atoms. The molecule has 2 aromatic carbocycles. The molecule has 0 unspecified atom stereocenters. The second kappa shape index (κ2) is 4.66. The summed E-state index contributed by atoms with van der Waals surface area (Å²) < 4.78 is 13.0. The minimum atomic E-state index is -0.465. The predicted octanol–water partition coefficient (Wildman–Crippen LogP) is 2.72. The molecule has 3 amide bonds. The lowest BCUT2D eigenvalue weighted by molar-refractivity contribution is -0.120. The van der Waals surface area contributed by atoms with Crippen molar-refractivity contribution in [3.05, 3.63) is 65.5 Å². The Morgan fingerprint density at radius 3 is 2.36 bits per heavy atom. The van der Waals surface area contributed by atoms with E-state index in [4.69, 9.17) is 0 Å². The highest BCUT2D eigenvalue weighted by molar-refractivity contribution is 6.21. The quantitative estimate of drug-likeness (QED) is 0.759.